The summed E-state index contributed by atoms with van der Waals surface area (Å²) in [7, 11) is 0. The van der Waals surface area contributed by atoms with Crippen LogP contribution in [0.4, 0.5) is 4.79 Å². The Balaban J connectivity index is 1.87. The van der Waals surface area contributed by atoms with E-state index in [1.54, 1.807) is 4.90 Å². The summed E-state index contributed by atoms with van der Waals surface area (Å²) >= 11 is 0. The number of carboxylic acids is 1. The largest absolute Gasteiger partial charge is 0.481 e. The molecule has 0 spiro atoms. The molecular formula is C13H22N2O4. The first-order chi connectivity index (χ1) is 9.06. The smallest absolute Gasteiger partial charge is 0.320 e. The highest BCUT2D eigenvalue weighted by Crippen LogP contribution is 2.21. The number of amides is 2. The number of hydrogen-bond acceptors (Lipinski definition) is 3. The minimum atomic E-state index is -0.781. The lowest BCUT2D eigenvalue weighted by molar-refractivity contribution is -0.138. The highest BCUT2D eigenvalue weighted by atomic mass is 16.5. The lowest BCUT2D eigenvalue weighted by Crippen LogP contribution is -2.44. The molecule has 2 atom stereocenters. The average molecular weight is 270 g/mol. The Morgan fingerprint density at radius 2 is 2.00 bits per heavy atom. The maximum absolute atomic E-state index is 12.4. The van der Waals surface area contributed by atoms with Gasteiger partial charge >= 0.3 is 12.0 Å². The van der Waals surface area contributed by atoms with Crippen molar-refractivity contribution >= 4 is 12.0 Å². The topological polar surface area (TPSA) is 70.1 Å². The molecule has 0 aromatic carbocycles. The van der Waals surface area contributed by atoms with Crippen molar-refractivity contribution in [3.8, 4) is 0 Å². The first kappa shape index (κ1) is 14.1. The summed E-state index contributed by atoms with van der Waals surface area (Å²) in [6, 6.07) is 0.0326. The molecule has 1 N–H and O–H groups in total. The van der Waals surface area contributed by atoms with Gasteiger partial charge in [-0.05, 0) is 25.7 Å². The number of nitrogens with zero attached hydrogens (tertiary/aromatic N) is 2. The molecule has 0 aliphatic carbocycles. The molecule has 2 heterocycles. The third kappa shape index (κ3) is 3.83. The molecular weight excluding hydrogens is 248 g/mol. The van der Waals surface area contributed by atoms with E-state index in [2.05, 4.69) is 0 Å². The minimum Gasteiger partial charge on any atom is -0.481 e. The Bertz CT molecular complexity index is 348. The number of aliphatic carboxylic acids is 1. The van der Waals surface area contributed by atoms with Gasteiger partial charge in [-0.3, -0.25) is 4.79 Å². The fourth-order valence-electron chi connectivity index (χ4n) is 2.79. The zero-order valence-corrected chi connectivity index (χ0v) is 11.4. The van der Waals surface area contributed by atoms with Crippen LogP contribution in [0.3, 0.4) is 0 Å². The van der Waals surface area contributed by atoms with Crippen molar-refractivity contribution in [1.82, 2.24) is 9.80 Å². The number of hydrogen-bond donors (Lipinski definition) is 1. The van der Waals surface area contributed by atoms with E-state index in [1.165, 1.54) is 0 Å². The normalized spacial score (nSPS) is 28.3. The lowest BCUT2D eigenvalue weighted by Gasteiger charge is -2.27. The van der Waals surface area contributed by atoms with E-state index in [4.69, 9.17) is 9.84 Å². The van der Waals surface area contributed by atoms with E-state index < -0.39 is 5.97 Å². The number of carbonyl (C=O) groups is 2. The number of carboxylic acid groups (broad SMARTS) is 1. The molecule has 2 saturated heterocycles. The Morgan fingerprint density at radius 1 is 1.26 bits per heavy atom. The second-order valence-corrected chi connectivity index (χ2v) is 5.46. The SMILES string of the molecule is CC1CN(C(=O)N2CCC(CC(=O)O)C2)CCCO1. The molecule has 0 radical (unpaired) electrons. The fraction of sp³-hybridized carbons (Fsp3) is 0.846. The van der Waals surface area contributed by atoms with Crippen molar-refractivity contribution in [3.63, 3.8) is 0 Å². The molecule has 2 fully saturated rings. The summed E-state index contributed by atoms with van der Waals surface area (Å²) in [5, 5.41) is 8.79. The summed E-state index contributed by atoms with van der Waals surface area (Å²) in [6.45, 7) is 5.26. The monoisotopic (exact) mass is 270 g/mol. The summed E-state index contributed by atoms with van der Waals surface area (Å²) in [6.07, 6.45) is 1.88. The highest BCUT2D eigenvalue weighted by molar-refractivity contribution is 5.75. The van der Waals surface area contributed by atoms with E-state index >= 15 is 0 Å². The molecule has 2 aliphatic rings. The van der Waals surface area contributed by atoms with Crippen LogP contribution in [0.5, 0.6) is 0 Å². The molecule has 6 heteroatoms. The van der Waals surface area contributed by atoms with Gasteiger partial charge in [0.25, 0.3) is 0 Å². The van der Waals surface area contributed by atoms with Crippen molar-refractivity contribution in [2.45, 2.75) is 32.3 Å². The van der Waals surface area contributed by atoms with E-state index in [9.17, 15) is 9.59 Å². The van der Waals surface area contributed by atoms with Gasteiger partial charge in [-0.1, -0.05) is 0 Å². The van der Waals surface area contributed by atoms with Gasteiger partial charge in [0.15, 0.2) is 0 Å². The van der Waals surface area contributed by atoms with Crippen molar-refractivity contribution in [2.75, 3.05) is 32.8 Å². The van der Waals surface area contributed by atoms with Crippen LogP contribution in [-0.4, -0.2) is 65.8 Å². The molecule has 2 amide bonds. The summed E-state index contributed by atoms with van der Waals surface area (Å²) < 4.78 is 5.53. The lowest BCUT2D eigenvalue weighted by atomic mass is 10.1. The van der Waals surface area contributed by atoms with Crippen LogP contribution in [-0.2, 0) is 9.53 Å². The second-order valence-electron chi connectivity index (χ2n) is 5.46. The van der Waals surface area contributed by atoms with Crippen LogP contribution in [0.25, 0.3) is 0 Å². The van der Waals surface area contributed by atoms with Crippen molar-refractivity contribution < 1.29 is 19.4 Å². The zero-order chi connectivity index (χ0) is 13.8. The van der Waals surface area contributed by atoms with E-state index in [-0.39, 0.29) is 24.5 Å². The standard InChI is InChI=1S/C13H22N2O4/c1-10-8-14(4-2-6-19-10)13(18)15-5-3-11(9-15)7-12(16)17/h10-11H,2-9H2,1H3,(H,16,17). The number of rotatable bonds is 2. The van der Waals surface area contributed by atoms with Gasteiger partial charge in [-0.25, -0.2) is 4.79 Å². The fourth-order valence-corrected chi connectivity index (χ4v) is 2.79. The summed E-state index contributed by atoms with van der Waals surface area (Å²) in [5.41, 5.74) is 0. The maximum Gasteiger partial charge on any atom is 0.320 e. The highest BCUT2D eigenvalue weighted by Gasteiger charge is 2.31. The second kappa shape index (κ2) is 6.23. The Hall–Kier alpha value is -1.30. The number of ether oxygens (including phenoxy) is 1. The Morgan fingerprint density at radius 3 is 2.74 bits per heavy atom. The third-order valence-electron chi connectivity index (χ3n) is 3.74. The van der Waals surface area contributed by atoms with Gasteiger partial charge < -0.3 is 19.6 Å². The van der Waals surface area contributed by atoms with Crippen LogP contribution in [0.2, 0.25) is 0 Å². The van der Waals surface area contributed by atoms with Crippen molar-refractivity contribution in [3.05, 3.63) is 0 Å². The first-order valence-electron chi connectivity index (χ1n) is 6.93. The molecule has 2 unspecified atom stereocenters. The van der Waals surface area contributed by atoms with Gasteiger partial charge in [-0.15, -0.1) is 0 Å². The number of urea groups is 1. The maximum atomic E-state index is 12.4. The third-order valence-corrected chi connectivity index (χ3v) is 3.74. The predicted molar refractivity (Wildman–Crippen MR) is 68.9 cm³/mol. The van der Waals surface area contributed by atoms with Crippen LogP contribution in [0, 0.1) is 5.92 Å². The van der Waals surface area contributed by atoms with Crippen molar-refractivity contribution in [1.29, 1.82) is 0 Å². The van der Waals surface area contributed by atoms with Gasteiger partial charge in [-0.2, -0.15) is 0 Å². The molecule has 2 rings (SSSR count). The van der Waals surface area contributed by atoms with Gasteiger partial charge in [0.05, 0.1) is 6.10 Å². The van der Waals surface area contributed by atoms with Crippen molar-refractivity contribution in [2.24, 2.45) is 5.92 Å². The summed E-state index contributed by atoms with van der Waals surface area (Å²) in [5.74, 6) is -0.682. The average Bonchev–Trinajstić information content (AvgIpc) is 2.68. The molecule has 19 heavy (non-hydrogen) atoms. The minimum absolute atomic E-state index is 0.0326. The molecule has 0 aromatic heterocycles. The van der Waals surface area contributed by atoms with Crippen LogP contribution in [0.1, 0.15) is 26.2 Å². The number of likely N-dealkylation sites (tertiary alicyclic amines) is 1. The van der Waals surface area contributed by atoms with Gasteiger partial charge in [0.2, 0.25) is 0 Å². The molecule has 108 valence electrons. The molecule has 0 aromatic rings. The first-order valence-corrected chi connectivity index (χ1v) is 6.93. The predicted octanol–water partition coefficient (Wildman–Crippen LogP) is 1.01. The van der Waals surface area contributed by atoms with E-state index in [1.807, 2.05) is 11.8 Å². The summed E-state index contributed by atoms with van der Waals surface area (Å²) in [4.78, 5) is 26.7. The molecule has 0 saturated carbocycles. The quantitative estimate of drug-likeness (QED) is 0.813. The number of carbonyl (C=O) groups excluding carboxylic acids is 1. The van der Waals surface area contributed by atoms with Crippen LogP contribution < -0.4 is 0 Å². The zero-order valence-electron chi connectivity index (χ0n) is 11.4. The van der Waals surface area contributed by atoms with E-state index in [0.29, 0.717) is 26.2 Å². The van der Waals surface area contributed by atoms with E-state index in [0.717, 1.165) is 19.4 Å². The van der Waals surface area contributed by atoms with Crippen LogP contribution in [0.15, 0.2) is 0 Å². The Kier molecular flexibility index (Phi) is 4.63. The van der Waals surface area contributed by atoms with Gasteiger partial charge in [0.1, 0.15) is 0 Å². The Labute approximate surface area is 113 Å². The molecule has 6 nitrogen and oxygen atoms in total. The molecule has 0 bridgehead atoms. The van der Waals surface area contributed by atoms with Crippen LogP contribution >= 0.6 is 0 Å². The molecule has 2 aliphatic heterocycles. The van der Waals surface area contributed by atoms with Gasteiger partial charge in [0, 0.05) is 39.2 Å².